The van der Waals surface area contributed by atoms with E-state index in [0.717, 1.165) is 12.8 Å². The van der Waals surface area contributed by atoms with E-state index in [1.807, 2.05) is 28.0 Å². The van der Waals surface area contributed by atoms with Crippen molar-refractivity contribution in [3.8, 4) is 0 Å². The van der Waals surface area contributed by atoms with Gasteiger partial charge in [0.05, 0.1) is 32.9 Å². The SMILES string of the molecule is O=C(CC1COC2(C1)CN(C(=O)CCc1ccccc1)C2)N1CCOCC1. The fraction of sp³-hybridized carbons (Fsp3) is 0.619. The van der Waals surface area contributed by atoms with Crippen LogP contribution in [0.1, 0.15) is 24.8 Å². The molecule has 1 unspecified atom stereocenters. The Bertz CT molecular complexity index is 666. The summed E-state index contributed by atoms with van der Waals surface area (Å²) in [6.45, 7) is 4.63. The average molecular weight is 372 g/mol. The zero-order valence-electron chi connectivity index (χ0n) is 15.8. The zero-order valence-corrected chi connectivity index (χ0v) is 15.8. The summed E-state index contributed by atoms with van der Waals surface area (Å²) < 4.78 is 11.3. The van der Waals surface area contributed by atoms with Gasteiger partial charge >= 0.3 is 0 Å². The third-order valence-corrected chi connectivity index (χ3v) is 5.89. The van der Waals surface area contributed by atoms with E-state index in [4.69, 9.17) is 9.47 Å². The van der Waals surface area contributed by atoms with E-state index in [0.29, 0.717) is 58.8 Å². The van der Waals surface area contributed by atoms with Crippen molar-refractivity contribution in [2.45, 2.75) is 31.3 Å². The fourth-order valence-corrected chi connectivity index (χ4v) is 4.36. The van der Waals surface area contributed by atoms with Gasteiger partial charge in [0.25, 0.3) is 0 Å². The van der Waals surface area contributed by atoms with E-state index < -0.39 is 0 Å². The van der Waals surface area contributed by atoms with Crippen LogP contribution in [0.25, 0.3) is 0 Å². The molecule has 3 heterocycles. The van der Waals surface area contributed by atoms with Crippen LogP contribution < -0.4 is 0 Å². The van der Waals surface area contributed by atoms with Crippen molar-refractivity contribution >= 4 is 11.8 Å². The number of carbonyl (C=O) groups is 2. The second kappa shape index (κ2) is 7.98. The molecule has 2 amide bonds. The number of amides is 2. The first-order valence-corrected chi connectivity index (χ1v) is 9.95. The third kappa shape index (κ3) is 4.33. The molecule has 3 aliphatic heterocycles. The normalized spacial score (nSPS) is 24.1. The molecule has 1 aromatic rings. The first-order chi connectivity index (χ1) is 13.1. The Morgan fingerprint density at radius 2 is 1.78 bits per heavy atom. The van der Waals surface area contributed by atoms with Crippen molar-refractivity contribution in [3.63, 3.8) is 0 Å². The highest BCUT2D eigenvalue weighted by Crippen LogP contribution is 2.39. The third-order valence-electron chi connectivity index (χ3n) is 5.89. The highest BCUT2D eigenvalue weighted by molar-refractivity contribution is 5.78. The summed E-state index contributed by atoms with van der Waals surface area (Å²) in [5, 5.41) is 0. The Labute approximate surface area is 160 Å². The maximum absolute atomic E-state index is 12.4. The lowest BCUT2D eigenvalue weighted by atomic mass is 9.85. The van der Waals surface area contributed by atoms with E-state index in [9.17, 15) is 9.59 Å². The number of nitrogens with zero attached hydrogens (tertiary/aromatic N) is 2. The highest BCUT2D eigenvalue weighted by atomic mass is 16.5. The van der Waals surface area contributed by atoms with Gasteiger partial charge in [-0.25, -0.2) is 0 Å². The van der Waals surface area contributed by atoms with Crippen LogP contribution in [0.3, 0.4) is 0 Å². The molecule has 4 rings (SSSR count). The molecule has 0 saturated carbocycles. The zero-order chi connectivity index (χ0) is 18.7. The predicted molar refractivity (Wildman–Crippen MR) is 100 cm³/mol. The molecule has 1 aromatic carbocycles. The van der Waals surface area contributed by atoms with Crippen molar-refractivity contribution in [2.75, 3.05) is 46.0 Å². The van der Waals surface area contributed by atoms with Gasteiger partial charge in [-0.15, -0.1) is 0 Å². The van der Waals surface area contributed by atoms with Crippen molar-refractivity contribution in [3.05, 3.63) is 35.9 Å². The number of rotatable bonds is 5. The quantitative estimate of drug-likeness (QED) is 0.786. The van der Waals surface area contributed by atoms with E-state index in [2.05, 4.69) is 12.1 Å². The Hall–Kier alpha value is -1.92. The van der Waals surface area contributed by atoms with Crippen LogP contribution >= 0.6 is 0 Å². The minimum absolute atomic E-state index is 0.195. The molecular formula is C21H28N2O4. The standard InChI is InChI=1S/C21H28N2O4/c24-19(7-6-17-4-2-1-3-5-17)23-15-21(16-23)13-18(14-27-21)12-20(25)22-8-10-26-11-9-22/h1-5,18H,6-16H2. The largest absolute Gasteiger partial charge is 0.378 e. The topological polar surface area (TPSA) is 59.1 Å². The van der Waals surface area contributed by atoms with Gasteiger partial charge in [0.15, 0.2) is 0 Å². The minimum atomic E-state index is -0.210. The van der Waals surface area contributed by atoms with Gasteiger partial charge in [0.1, 0.15) is 5.60 Å². The molecule has 0 bridgehead atoms. The summed E-state index contributed by atoms with van der Waals surface area (Å²) in [6.07, 6.45) is 2.75. The van der Waals surface area contributed by atoms with Crippen LogP contribution in [0.2, 0.25) is 0 Å². The van der Waals surface area contributed by atoms with Crippen LogP contribution in [-0.4, -0.2) is 73.2 Å². The molecule has 3 saturated heterocycles. The van der Waals surface area contributed by atoms with Gasteiger partial charge in [0.2, 0.25) is 11.8 Å². The monoisotopic (exact) mass is 372 g/mol. The highest BCUT2D eigenvalue weighted by Gasteiger charge is 2.51. The molecule has 27 heavy (non-hydrogen) atoms. The van der Waals surface area contributed by atoms with Gasteiger partial charge in [-0.1, -0.05) is 30.3 Å². The van der Waals surface area contributed by atoms with Crippen molar-refractivity contribution in [1.29, 1.82) is 0 Å². The van der Waals surface area contributed by atoms with Crippen molar-refractivity contribution in [2.24, 2.45) is 5.92 Å². The maximum atomic E-state index is 12.4. The Morgan fingerprint density at radius 1 is 1.04 bits per heavy atom. The number of morpholine rings is 1. The van der Waals surface area contributed by atoms with Gasteiger partial charge in [-0.3, -0.25) is 9.59 Å². The molecule has 6 heteroatoms. The summed E-state index contributed by atoms with van der Waals surface area (Å²) in [5.74, 6) is 0.668. The minimum Gasteiger partial charge on any atom is -0.378 e. The number of likely N-dealkylation sites (tertiary alicyclic amines) is 1. The molecule has 146 valence electrons. The number of ether oxygens (including phenoxy) is 2. The summed E-state index contributed by atoms with van der Waals surface area (Å²) in [6, 6.07) is 10.1. The van der Waals surface area contributed by atoms with Gasteiger partial charge < -0.3 is 19.3 Å². The first kappa shape index (κ1) is 18.4. The van der Waals surface area contributed by atoms with Crippen LogP contribution in [-0.2, 0) is 25.5 Å². The number of aryl methyl sites for hydroxylation is 1. The number of carbonyl (C=O) groups excluding carboxylic acids is 2. The molecule has 0 aliphatic carbocycles. The molecular weight excluding hydrogens is 344 g/mol. The van der Waals surface area contributed by atoms with E-state index >= 15 is 0 Å². The Kier molecular flexibility index (Phi) is 5.45. The van der Waals surface area contributed by atoms with Gasteiger partial charge in [0, 0.05) is 25.9 Å². The average Bonchev–Trinajstić information content (AvgIpc) is 3.10. The van der Waals surface area contributed by atoms with Gasteiger partial charge in [-0.05, 0) is 24.3 Å². The molecule has 1 spiro atoms. The van der Waals surface area contributed by atoms with Crippen LogP contribution in [0.4, 0.5) is 0 Å². The molecule has 0 N–H and O–H groups in total. The lowest BCUT2D eigenvalue weighted by molar-refractivity contribution is -0.157. The van der Waals surface area contributed by atoms with E-state index in [1.54, 1.807) is 0 Å². The number of hydrogen-bond acceptors (Lipinski definition) is 4. The van der Waals surface area contributed by atoms with Crippen molar-refractivity contribution < 1.29 is 19.1 Å². The molecule has 0 aromatic heterocycles. The fourth-order valence-electron chi connectivity index (χ4n) is 4.36. The van der Waals surface area contributed by atoms with Crippen LogP contribution in [0.15, 0.2) is 30.3 Å². The second-order valence-electron chi connectivity index (χ2n) is 8.00. The lowest BCUT2D eigenvalue weighted by Gasteiger charge is -2.47. The van der Waals surface area contributed by atoms with Crippen LogP contribution in [0.5, 0.6) is 0 Å². The molecule has 6 nitrogen and oxygen atoms in total. The summed E-state index contributed by atoms with van der Waals surface area (Å²) in [5.41, 5.74) is 0.984. The first-order valence-electron chi connectivity index (χ1n) is 9.95. The smallest absolute Gasteiger partial charge is 0.223 e. The molecule has 1 atom stereocenters. The number of hydrogen-bond donors (Lipinski definition) is 0. The summed E-state index contributed by atoms with van der Waals surface area (Å²) in [7, 11) is 0. The summed E-state index contributed by atoms with van der Waals surface area (Å²) in [4.78, 5) is 28.6. The van der Waals surface area contributed by atoms with Crippen LogP contribution in [0, 0.1) is 5.92 Å². The second-order valence-corrected chi connectivity index (χ2v) is 8.00. The van der Waals surface area contributed by atoms with E-state index in [-0.39, 0.29) is 23.3 Å². The maximum Gasteiger partial charge on any atom is 0.223 e. The molecule has 3 aliphatic rings. The van der Waals surface area contributed by atoms with Crippen molar-refractivity contribution in [1.82, 2.24) is 9.80 Å². The number of benzene rings is 1. The molecule has 0 radical (unpaired) electrons. The Morgan fingerprint density at radius 3 is 2.52 bits per heavy atom. The molecule has 3 fully saturated rings. The summed E-state index contributed by atoms with van der Waals surface area (Å²) >= 11 is 0. The Balaban J connectivity index is 1.19. The predicted octanol–water partition coefficient (Wildman–Crippen LogP) is 1.49. The lowest BCUT2D eigenvalue weighted by Crippen LogP contribution is -2.63. The van der Waals surface area contributed by atoms with E-state index in [1.165, 1.54) is 5.56 Å². The van der Waals surface area contributed by atoms with Gasteiger partial charge in [-0.2, -0.15) is 0 Å².